The van der Waals surface area contributed by atoms with E-state index in [0.29, 0.717) is 17.6 Å². The highest BCUT2D eigenvalue weighted by atomic mass is 35.5. The predicted octanol–water partition coefficient (Wildman–Crippen LogP) is 4.39. The van der Waals surface area contributed by atoms with Crippen LogP contribution in [0.3, 0.4) is 0 Å². The van der Waals surface area contributed by atoms with Crippen LogP contribution < -0.4 is 4.74 Å². The molecular weight excluding hydrogens is 255 g/mol. The Labute approximate surface area is 109 Å². The molecule has 0 radical (unpaired) electrons. The Hall–Kier alpha value is -1.87. The number of halogens is 2. The quantitative estimate of drug-likeness (QED) is 0.769. The fraction of sp³-hybridized carbons (Fsp3) is 0.0714. The molecule has 0 bridgehead atoms. The van der Waals surface area contributed by atoms with Crippen molar-refractivity contribution in [2.24, 2.45) is 0 Å². The molecule has 2 nitrogen and oxygen atoms in total. The van der Waals surface area contributed by atoms with Crippen molar-refractivity contribution in [3.05, 3.63) is 58.4 Å². The zero-order chi connectivity index (χ0) is 13.1. The molecule has 2 aromatic rings. The lowest BCUT2D eigenvalue weighted by atomic mass is 10.2. The standard InChI is InChI=1S/C14H10ClFO2/c1-9-2-5-13(16)14(6-9)18-11-4-3-10(8-17)12(15)7-11/h2-8H,1H3. The third kappa shape index (κ3) is 2.68. The van der Waals surface area contributed by atoms with E-state index in [9.17, 15) is 9.18 Å². The number of hydrogen-bond donors (Lipinski definition) is 0. The van der Waals surface area contributed by atoms with Gasteiger partial charge in [-0.25, -0.2) is 4.39 Å². The second-order valence-electron chi connectivity index (χ2n) is 3.84. The van der Waals surface area contributed by atoms with Crippen LogP contribution in [-0.4, -0.2) is 6.29 Å². The lowest BCUT2D eigenvalue weighted by Crippen LogP contribution is -1.90. The summed E-state index contributed by atoms with van der Waals surface area (Å²) in [5.74, 6) is 0.0659. The molecule has 0 saturated carbocycles. The Morgan fingerprint density at radius 1 is 1.22 bits per heavy atom. The summed E-state index contributed by atoms with van der Waals surface area (Å²) >= 11 is 5.86. The van der Waals surface area contributed by atoms with Gasteiger partial charge in [0, 0.05) is 11.6 Å². The first-order chi connectivity index (χ1) is 8.60. The van der Waals surface area contributed by atoms with Crippen molar-refractivity contribution in [2.45, 2.75) is 6.92 Å². The molecule has 18 heavy (non-hydrogen) atoms. The second-order valence-corrected chi connectivity index (χ2v) is 4.24. The van der Waals surface area contributed by atoms with Crippen molar-refractivity contribution in [3.63, 3.8) is 0 Å². The molecule has 92 valence electrons. The largest absolute Gasteiger partial charge is 0.454 e. The zero-order valence-electron chi connectivity index (χ0n) is 9.61. The smallest absolute Gasteiger partial charge is 0.165 e. The summed E-state index contributed by atoms with van der Waals surface area (Å²) in [7, 11) is 0. The van der Waals surface area contributed by atoms with Gasteiger partial charge >= 0.3 is 0 Å². The number of hydrogen-bond acceptors (Lipinski definition) is 2. The molecule has 0 spiro atoms. The number of carbonyl (C=O) groups excluding carboxylic acids is 1. The topological polar surface area (TPSA) is 26.3 Å². The number of aryl methyl sites for hydroxylation is 1. The molecule has 2 rings (SSSR count). The molecule has 2 aromatic carbocycles. The molecule has 0 aliphatic heterocycles. The molecule has 0 atom stereocenters. The molecule has 0 heterocycles. The van der Waals surface area contributed by atoms with E-state index >= 15 is 0 Å². The number of ether oxygens (including phenoxy) is 1. The van der Waals surface area contributed by atoms with E-state index in [4.69, 9.17) is 16.3 Å². The van der Waals surface area contributed by atoms with E-state index in [1.54, 1.807) is 18.2 Å². The van der Waals surface area contributed by atoms with E-state index < -0.39 is 5.82 Å². The Bertz CT molecular complexity index is 596. The number of benzene rings is 2. The first kappa shape index (κ1) is 12.6. The lowest BCUT2D eigenvalue weighted by molar-refractivity contribution is 0.112. The van der Waals surface area contributed by atoms with E-state index in [0.717, 1.165) is 5.56 Å². The maximum atomic E-state index is 13.5. The van der Waals surface area contributed by atoms with E-state index in [-0.39, 0.29) is 10.8 Å². The van der Waals surface area contributed by atoms with Crippen LogP contribution in [0.2, 0.25) is 5.02 Å². The first-order valence-electron chi connectivity index (χ1n) is 5.29. The maximum absolute atomic E-state index is 13.5. The van der Waals surface area contributed by atoms with E-state index in [2.05, 4.69) is 0 Å². The van der Waals surface area contributed by atoms with E-state index in [1.165, 1.54) is 18.2 Å². The van der Waals surface area contributed by atoms with Crippen LogP contribution in [-0.2, 0) is 0 Å². The summed E-state index contributed by atoms with van der Waals surface area (Å²) < 4.78 is 18.9. The van der Waals surface area contributed by atoms with Gasteiger partial charge in [-0.15, -0.1) is 0 Å². The van der Waals surface area contributed by atoms with Crippen molar-refractivity contribution in [3.8, 4) is 11.5 Å². The average Bonchev–Trinajstić information content (AvgIpc) is 2.34. The van der Waals surface area contributed by atoms with Crippen molar-refractivity contribution < 1.29 is 13.9 Å². The summed E-state index contributed by atoms with van der Waals surface area (Å²) in [5, 5.41) is 0.274. The Balaban J connectivity index is 2.31. The summed E-state index contributed by atoms with van der Waals surface area (Å²) in [6.45, 7) is 1.84. The van der Waals surface area contributed by atoms with Crippen molar-refractivity contribution >= 4 is 17.9 Å². The summed E-state index contributed by atoms with van der Waals surface area (Å²) in [5.41, 5.74) is 1.26. The highest BCUT2D eigenvalue weighted by Gasteiger charge is 2.07. The SMILES string of the molecule is Cc1ccc(F)c(Oc2ccc(C=O)c(Cl)c2)c1. The van der Waals surface area contributed by atoms with Gasteiger partial charge < -0.3 is 4.74 Å². The molecule has 0 unspecified atom stereocenters. The highest BCUT2D eigenvalue weighted by molar-refractivity contribution is 6.33. The summed E-state index contributed by atoms with van der Waals surface area (Å²) in [6, 6.07) is 9.16. The predicted molar refractivity (Wildman–Crippen MR) is 68.1 cm³/mol. The molecule has 0 aliphatic carbocycles. The minimum absolute atomic E-state index is 0.130. The molecule has 0 fully saturated rings. The molecular formula is C14H10ClFO2. The van der Waals surface area contributed by atoms with Gasteiger partial charge in [0.25, 0.3) is 0 Å². The van der Waals surface area contributed by atoms with Gasteiger partial charge in [0.05, 0.1) is 5.02 Å². The minimum atomic E-state index is -0.448. The number of carbonyl (C=O) groups is 1. The fourth-order valence-corrected chi connectivity index (χ4v) is 1.70. The highest BCUT2D eigenvalue weighted by Crippen LogP contribution is 2.28. The molecule has 0 saturated heterocycles. The Morgan fingerprint density at radius 3 is 2.67 bits per heavy atom. The first-order valence-corrected chi connectivity index (χ1v) is 5.66. The Morgan fingerprint density at radius 2 is 2.00 bits per heavy atom. The molecule has 0 N–H and O–H groups in total. The molecule has 4 heteroatoms. The van der Waals surface area contributed by atoms with Crippen LogP contribution in [0.1, 0.15) is 15.9 Å². The number of rotatable bonds is 3. The molecule has 0 aliphatic rings. The normalized spacial score (nSPS) is 10.2. The third-order valence-electron chi connectivity index (χ3n) is 2.41. The van der Waals surface area contributed by atoms with Gasteiger partial charge in [0.15, 0.2) is 17.9 Å². The van der Waals surface area contributed by atoms with E-state index in [1.807, 2.05) is 6.92 Å². The van der Waals surface area contributed by atoms with Gasteiger partial charge in [-0.2, -0.15) is 0 Å². The van der Waals surface area contributed by atoms with Crippen LogP contribution in [0.5, 0.6) is 11.5 Å². The Kier molecular flexibility index (Phi) is 3.63. The monoisotopic (exact) mass is 264 g/mol. The van der Waals surface area contributed by atoms with Gasteiger partial charge in [-0.3, -0.25) is 4.79 Å². The molecule has 0 amide bonds. The minimum Gasteiger partial charge on any atom is -0.454 e. The molecule has 0 aromatic heterocycles. The summed E-state index contributed by atoms with van der Waals surface area (Å²) in [4.78, 5) is 10.6. The lowest BCUT2D eigenvalue weighted by Gasteiger charge is -2.08. The van der Waals surface area contributed by atoms with Crippen molar-refractivity contribution in [1.82, 2.24) is 0 Å². The van der Waals surface area contributed by atoms with Crippen LogP contribution in [0.25, 0.3) is 0 Å². The van der Waals surface area contributed by atoms with Crippen LogP contribution in [0, 0.1) is 12.7 Å². The number of aldehydes is 1. The third-order valence-corrected chi connectivity index (χ3v) is 2.74. The zero-order valence-corrected chi connectivity index (χ0v) is 10.4. The maximum Gasteiger partial charge on any atom is 0.165 e. The van der Waals surface area contributed by atoms with Gasteiger partial charge in [0.1, 0.15) is 5.75 Å². The van der Waals surface area contributed by atoms with Crippen LogP contribution >= 0.6 is 11.6 Å². The average molecular weight is 265 g/mol. The van der Waals surface area contributed by atoms with Crippen molar-refractivity contribution in [1.29, 1.82) is 0 Å². The van der Waals surface area contributed by atoms with Gasteiger partial charge in [-0.05, 0) is 36.8 Å². The fourth-order valence-electron chi connectivity index (χ4n) is 1.48. The van der Waals surface area contributed by atoms with Crippen LogP contribution in [0.15, 0.2) is 36.4 Å². The second kappa shape index (κ2) is 5.19. The van der Waals surface area contributed by atoms with Gasteiger partial charge in [-0.1, -0.05) is 17.7 Å². The van der Waals surface area contributed by atoms with Crippen LogP contribution in [0.4, 0.5) is 4.39 Å². The van der Waals surface area contributed by atoms with Crippen molar-refractivity contribution in [2.75, 3.05) is 0 Å². The van der Waals surface area contributed by atoms with Gasteiger partial charge in [0.2, 0.25) is 0 Å². The summed E-state index contributed by atoms with van der Waals surface area (Å²) in [6.07, 6.45) is 0.652.